The molecular weight excluding hydrogens is 413 g/mol. The van der Waals surface area contributed by atoms with Crippen LogP contribution in [0.4, 0.5) is 18.0 Å². The number of hydrogen-bond acceptors (Lipinski definition) is 4. The van der Waals surface area contributed by atoms with Crippen molar-refractivity contribution in [1.29, 1.82) is 0 Å². The van der Waals surface area contributed by atoms with Crippen LogP contribution in [0.5, 0.6) is 0 Å². The lowest BCUT2D eigenvalue weighted by atomic mass is 10.2. The van der Waals surface area contributed by atoms with Gasteiger partial charge < -0.3 is 14.5 Å². The van der Waals surface area contributed by atoms with Gasteiger partial charge in [0.25, 0.3) is 5.91 Å². The summed E-state index contributed by atoms with van der Waals surface area (Å²) in [7, 11) is 0. The molecule has 1 saturated heterocycles. The van der Waals surface area contributed by atoms with E-state index in [4.69, 9.17) is 16.3 Å². The van der Waals surface area contributed by atoms with Crippen molar-refractivity contribution < 1.29 is 27.5 Å². The topological polar surface area (TPSA) is 67.7 Å². The summed E-state index contributed by atoms with van der Waals surface area (Å²) in [6, 6.07) is 6.89. The van der Waals surface area contributed by atoms with E-state index in [2.05, 4.69) is 5.10 Å². The molecule has 0 saturated carbocycles. The summed E-state index contributed by atoms with van der Waals surface area (Å²) in [6.45, 7) is 2.67. The van der Waals surface area contributed by atoms with Gasteiger partial charge in [-0.05, 0) is 19.1 Å². The molecular formula is C18H18ClF3N4O3. The molecule has 29 heavy (non-hydrogen) atoms. The minimum atomic E-state index is -4.72. The van der Waals surface area contributed by atoms with Crippen molar-refractivity contribution in [3.05, 3.63) is 46.7 Å². The first-order chi connectivity index (χ1) is 13.7. The fourth-order valence-electron chi connectivity index (χ4n) is 2.95. The molecule has 7 nitrogen and oxygen atoms in total. The smallest absolute Gasteiger partial charge is 0.435 e. The Bertz CT molecular complexity index is 908. The summed E-state index contributed by atoms with van der Waals surface area (Å²) in [6.07, 6.45) is -5.20. The van der Waals surface area contributed by atoms with Crippen LogP contribution in [0.1, 0.15) is 23.1 Å². The lowest BCUT2D eigenvalue weighted by molar-refractivity contribution is -0.141. The molecule has 156 valence electrons. The standard InChI is InChI=1S/C18H18ClF3N4O3/c1-2-29-17(28)25-9-7-24(8-10-25)16(27)14-11-15(18(20,21)22)23-26(14)13-6-4-3-5-12(13)19/h3-6,11H,2,7-10H2,1H3. The molecule has 1 aromatic heterocycles. The molecule has 11 heteroatoms. The van der Waals surface area contributed by atoms with Gasteiger partial charge in [-0.1, -0.05) is 23.7 Å². The van der Waals surface area contributed by atoms with Gasteiger partial charge in [-0.15, -0.1) is 0 Å². The van der Waals surface area contributed by atoms with E-state index < -0.39 is 23.9 Å². The van der Waals surface area contributed by atoms with Gasteiger partial charge in [-0.25, -0.2) is 9.48 Å². The Balaban J connectivity index is 1.88. The van der Waals surface area contributed by atoms with Gasteiger partial charge in [0, 0.05) is 32.2 Å². The molecule has 1 aliphatic rings. The zero-order valence-electron chi connectivity index (χ0n) is 15.4. The number of ether oxygens (including phenoxy) is 1. The van der Waals surface area contributed by atoms with Crippen molar-refractivity contribution in [1.82, 2.24) is 19.6 Å². The summed E-state index contributed by atoms with van der Waals surface area (Å²) in [4.78, 5) is 27.6. The number of hydrogen-bond donors (Lipinski definition) is 0. The highest BCUT2D eigenvalue weighted by molar-refractivity contribution is 6.32. The van der Waals surface area contributed by atoms with E-state index in [1.165, 1.54) is 21.9 Å². The van der Waals surface area contributed by atoms with Crippen LogP contribution in [0.15, 0.2) is 30.3 Å². The lowest BCUT2D eigenvalue weighted by Gasteiger charge is -2.34. The second-order valence-corrected chi connectivity index (χ2v) is 6.66. The normalized spacial score (nSPS) is 14.8. The van der Waals surface area contributed by atoms with Crippen LogP contribution in [0, 0.1) is 0 Å². The Kier molecular flexibility index (Phi) is 6.02. The van der Waals surface area contributed by atoms with Gasteiger partial charge in [0.15, 0.2) is 5.69 Å². The molecule has 2 heterocycles. The first kappa shape index (κ1) is 21.0. The summed E-state index contributed by atoms with van der Waals surface area (Å²) in [5, 5.41) is 3.73. The van der Waals surface area contributed by atoms with Gasteiger partial charge in [0.1, 0.15) is 5.69 Å². The van der Waals surface area contributed by atoms with E-state index in [0.717, 1.165) is 4.68 Å². The molecule has 0 aliphatic carbocycles. The van der Waals surface area contributed by atoms with E-state index in [9.17, 15) is 22.8 Å². The maximum absolute atomic E-state index is 13.2. The van der Waals surface area contributed by atoms with Crippen LogP contribution in [0.2, 0.25) is 5.02 Å². The third-order valence-electron chi connectivity index (χ3n) is 4.39. The van der Waals surface area contributed by atoms with Crippen LogP contribution in [0.25, 0.3) is 5.69 Å². The minimum Gasteiger partial charge on any atom is -0.450 e. The molecule has 0 atom stereocenters. The van der Waals surface area contributed by atoms with Gasteiger partial charge in [0.2, 0.25) is 0 Å². The molecule has 2 amide bonds. The maximum atomic E-state index is 13.2. The number of para-hydroxylation sites is 1. The number of benzene rings is 1. The number of halogens is 4. The predicted molar refractivity (Wildman–Crippen MR) is 98.1 cm³/mol. The van der Waals surface area contributed by atoms with Crippen LogP contribution in [-0.4, -0.2) is 64.4 Å². The van der Waals surface area contributed by atoms with Crippen molar-refractivity contribution >= 4 is 23.6 Å². The molecule has 2 aromatic rings. The Morgan fingerprint density at radius 3 is 2.34 bits per heavy atom. The summed E-state index contributed by atoms with van der Waals surface area (Å²) in [5.74, 6) is -0.628. The van der Waals surface area contributed by atoms with E-state index in [1.807, 2.05) is 0 Å². The summed E-state index contributed by atoms with van der Waals surface area (Å²) >= 11 is 6.10. The summed E-state index contributed by atoms with van der Waals surface area (Å²) < 4.78 is 45.5. The Morgan fingerprint density at radius 2 is 1.76 bits per heavy atom. The number of alkyl halides is 3. The zero-order valence-corrected chi connectivity index (χ0v) is 16.2. The first-order valence-corrected chi connectivity index (χ1v) is 9.23. The Morgan fingerprint density at radius 1 is 1.14 bits per heavy atom. The van der Waals surface area contributed by atoms with Crippen LogP contribution in [0.3, 0.4) is 0 Å². The minimum absolute atomic E-state index is 0.158. The molecule has 1 aliphatic heterocycles. The van der Waals surface area contributed by atoms with E-state index in [-0.39, 0.29) is 49.2 Å². The number of amides is 2. The summed E-state index contributed by atoms with van der Waals surface area (Å²) in [5.41, 5.74) is -1.28. The molecule has 0 N–H and O–H groups in total. The quantitative estimate of drug-likeness (QED) is 0.748. The highest BCUT2D eigenvalue weighted by Crippen LogP contribution is 2.31. The number of nitrogens with zero attached hydrogens (tertiary/aromatic N) is 4. The number of carbonyl (C=O) groups excluding carboxylic acids is 2. The van der Waals surface area contributed by atoms with Crippen molar-refractivity contribution in [3.63, 3.8) is 0 Å². The Hall–Kier alpha value is -2.75. The second-order valence-electron chi connectivity index (χ2n) is 6.25. The van der Waals surface area contributed by atoms with E-state index in [1.54, 1.807) is 19.1 Å². The highest BCUT2D eigenvalue weighted by Gasteiger charge is 2.37. The van der Waals surface area contributed by atoms with Crippen LogP contribution < -0.4 is 0 Å². The number of piperazine rings is 1. The van der Waals surface area contributed by atoms with Gasteiger partial charge in [-0.3, -0.25) is 4.79 Å². The van der Waals surface area contributed by atoms with Gasteiger partial charge in [-0.2, -0.15) is 18.3 Å². The molecule has 1 fully saturated rings. The van der Waals surface area contributed by atoms with Crippen molar-refractivity contribution in [2.45, 2.75) is 13.1 Å². The maximum Gasteiger partial charge on any atom is 0.435 e. The number of carbonyl (C=O) groups is 2. The van der Waals surface area contributed by atoms with Crippen molar-refractivity contribution in [2.75, 3.05) is 32.8 Å². The molecule has 0 radical (unpaired) electrons. The highest BCUT2D eigenvalue weighted by atomic mass is 35.5. The average molecular weight is 431 g/mol. The fraction of sp³-hybridized carbons (Fsp3) is 0.389. The molecule has 1 aromatic carbocycles. The first-order valence-electron chi connectivity index (χ1n) is 8.85. The van der Waals surface area contributed by atoms with Crippen molar-refractivity contribution in [3.8, 4) is 5.69 Å². The SMILES string of the molecule is CCOC(=O)N1CCN(C(=O)c2cc(C(F)(F)F)nn2-c2ccccc2Cl)CC1. The number of rotatable bonds is 3. The third kappa shape index (κ3) is 4.47. The van der Waals surface area contributed by atoms with Gasteiger partial charge >= 0.3 is 12.3 Å². The second kappa shape index (κ2) is 8.32. The molecule has 3 rings (SSSR count). The predicted octanol–water partition coefficient (Wildman–Crippen LogP) is 3.46. The average Bonchev–Trinajstić information content (AvgIpc) is 3.14. The monoisotopic (exact) mass is 430 g/mol. The zero-order chi connectivity index (χ0) is 21.2. The van der Waals surface area contributed by atoms with Crippen LogP contribution >= 0.6 is 11.6 Å². The number of aromatic nitrogens is 2. The van der Waals surface area contributed by atoms with Crippen molar-refractivity contribution in [2.24, 2.45) is 0 Å². The van der Waals surface area contributed by atoms with E-state index in [0.29, 0.717) is 6.07 Å². The van der Waals surface area contributed by atoms with E-state index >= 15 is 0 Å². The van der Waals surface area contributed by atoms with Crippen LogP contribution in [-0.2, 0) is 10.9 Å². The lowest BCUT2D eigenvalue weighted by Crippen LogP contribution is -2.51. The third-order valence-corrected chi connectivity index (χ3v) is 4.71. The Labute approximate surface area is 169 Å². The fourth-order valence-corrected chi connectivity index (χ4v) is 3.16. The molecule has 0 spiro atoms. The molecule has 0 bridgehead atoms. The molecule has 0 unspecified atom stereocenters. The van der Waals surface area contributed by atoms with Gasteiger partial charge in [0.05, 0.1) is 17.3 Å². The largest absolute Gasteiger partial charge is 0.450 e.